The molecule has 0 unspecified atom stereocenters. The van der Waals surface area contributed by atoms with E-state index in [9.17, 15) is 4.79 Å². The monoisotopic (exact) mass is 344 g/mol. The van der Waals surface area contributed by atoms with Crippen LogP contribution < -0.4 is 0 Å². The molecule has 0 atom stereocenters. The van der Waals surface area contributed by atoms with E-state index in [-0.39, 0.29) is 5.91 Å². The van der Waals surface area contributed by atoms with Crippen LogP contribution in [-0.2, 0) is 4.79 Å². The van der Waals surface area contributed by atoms with Crippen LogP contribution in [0.1, 0.15) is 25.2 Å². The zero-order valence-electron chi connectivity index (χ0n) is 14.7. The van der Waals surface area contributed by atoms with Gasteiger partial charge in [-0.1, -0.05) is 42.1 Å². The number of rotatable bonds is 7. The summed E-state index contributed by atoms with van der Waals surface area (Å²) in [5, 5.41) is 9.15. The van der Waals surface area contributed by atoms with Gasteiger partial charge in [-0.3, -0.25) is 9.36 Å². The van der Waals surface area contributed by atoms with Crippen molar-refractivity contribution in [2.45, 2.75) is 32.9 Å². The molecule has 24 heavy (non-hydrogen) atoms. The van der Waals surface area contributed by atoms with Crippen LogP contribution in [0.25, 0.3) is 5.69 Å². The molecule has 0 fully saturated rings. The van der Waals surface area contributed by atoms with Crippen molar-refractivity contribution in [1.29, 1.82) is 0 Å². The number of aryl methyl sites for hydroxylation is 2. The van der Waals surface area contributed by atoms with Crippen molar-refractivity contribution in [2.24, 2.45) is 0 Å². The largest absolute Gasteiger partial charge is 0.338 e. The average Bonchev–Trinajstić information content (AvgIpc) is 2.91. The van der Waals surface area contributed by atoms with Gasteiger partial charge in [0.15, 0.2) is 5.16 Å². The Labute approximate surface area is 147 Å². The summed E-state index contributed by atoms with van der Waals surface area (Å²) in [7, 11) is 0. The maximum Gasteiger partial charge on any atom is 0.233 e. The number of hydrogen-bond acceptors (Lipinski definition) is 4. The van der Waals surface area contributed by atoms with Crippen molar-refractivity contribution in [3.05, 3.63) is 47.8 Å². The Morgan fingerprint density at radius 3 is 2.62 bits per heavy atom. The first-order valence-electron chi connectivity index (χ1n) is 7.97. The number of para-hydroxylation sites is 1. The highest BCUT2D eigenvalue weighted by molar-refractivity contribution is 7.99. The molecule has 2 aromatic rings. The third-order valence-electron chi connectivity index (χ3n) is 3.67. The Hall–Kier alpha value is -2.08. The first-order chi connectivity index (χ1) is 11.4. The molecular weight excluding hydrogens is 320 g/mol. The van der Waals surface area contributed by atoms with Gasteiger partial charge in [-0.25, -0.2) is 0 Å². The second kappa shape index (κ2) is 8.15. The standard InChI is InChI=1S/C18H24N4OS/c1-6-21(11-13(2)3)17(23)12-24-18-20-19-15(5)22(18)16-10-8-7-9-14(16)4/h7-10H,2,6,11-12H2,1,3-5H3. The number of aromatic nitrogens is 3. The van der Waals surface area contributed by atoms with Crippen molar-refractivity contribution in [1.82, 2.24) is 19.7 Å². The summed E-state index contributed by atoms with van der Waals surface area (Å²) in [6, 6.07) is 8.09. The summed E-state index contributed by atoms with van der Waals surface area (Å²) in [5.74, 6) is 1.24. The molecule has 5 nitrogen and oxygen atoms in total. The fraction of sp³-hybridized carbons (Fsp3) is 0.389. The Kier molecular flexibility index (Phi) is 6.20. The molecule has 0 aliphatic heterocycles. The van der Waals surface area contributed by atoms with Crippen molar-refractivity contribution in [2.75, 3.05) is 18.8 Å². The third-order valence-corrected chi connectivity index (χ3v) is 4.59. The Morgan fingerprint density at radius 2 is 2.00 bits per heavy atom. The van der Waals surface area contributed by atoms with Crippen LogP contribution in [0.3, 0.4) is 0 Å². The molecule has 128 valence electrons. The topological polar surface area (TPSA) is 51.0 Å². The van der Waals surface area contributed by atoms with Crippen LogP contribution in [0, 0.1) is 13.8 Å². The van der Waals surface area contributed by atoms with Crippen LogP contribution in [-0.4, -0.2) is 44.4 Å². The highest BCUT2D eigenvalue weighted by Crippen LogP contribution is 2.24. The lowest BCUT2D eigenvalue weighted by Crippen LogP contribution is -2.33. The van der Waals surface area contributed by atoms with E-state index in [1.807, 2.05) is 43.5 Å². The minimum absolute atomic E-state index is 0.0856. The van der Waals surface area contributed by atoms with E-state index in [1.165, 1.54) is 11.8 Å². The fourth-order valence-electron chi connectivity index (χ4n) is 2.45. The number of likely N-dealkylation sites (N-methyl/N-ethyl adjacent to an activating group) is 1. The molecule has 6 heteroatoms. The van der Waals surface area contributed by atoms with Gasteiger partial charge in [-0.05, 0) is 39.3 Å². The van der Waals surface area contributed by atoms with E-state index in [4.69, 9.17) is 0 Å². The Morgan fingerprint density at radius 1 is 1.29 bits per heavy atom. The second-order valence-electron chi connectivity index (χ2n) is 5.81. The van der Waals surface area contributed by atoms with Crippen molar-refractivity contribution >= 4 is 17.7 Å². The molecule has 0 aliphatic carbocycles. The van der Waals surface area contributed by atoms with Crippen LogP contribution >= 0.6 is 11.8 Å². The number of hydrogen-bond donors (Lipinski definition) is 0. The molecule has 0 N–H and O–H groups in total. The Balaban J connectivity index is 2.16. The normalized spacial score (nSPS) is 10.7. The van der Waals surface area contributed by atoms with Gasteiger partial charge in [0.1, 0.15) is 5.82 Å². The van der Waals surface area contributed by atoms with Crippen molar-refractivity contribution in [3.8, 4) is 5.69 Å². The summed E-state index contributed by atoms with van der Waals surface area (Å²) in [5.41, 5.74) is 3.17. The van der Waals surface area contributed by atoms with Crippen molar-refractivity contribution in [3.63, 3.8) is 0 Å². The lowest BCUT2D eigenvalue weighted by Gasteiger charge is -2.20. The molecule has 1 aromatic heterocycles. The molecule has 0 bridgehead atoms. The number of carbonyl (C=O) groups is 1. The molecule has 2 rings (SSSR count). The smallest absolute Gasteiger partial charge is 0.233 e. The van der Waals surface area contributed by atoms with Crippen LogP contribution in [0.15, 0.2) is 41.6 Å². The van der Waals surface area contributed by atoms with E-state index in [1.54, 1.807) is 4.90 Å². The minimum atomic E-state index is 0.0856. The van der Waals surface area contributed by atoms with Gasteiger partial charge in [-0.15, -0.1) is 10.2 Å². The SMILES string of the molecule is C=C(C)CN(CC)C(=O)CSc1nnc(C)n1-c1ccccc1C. The Bertz CT molecular complexity index is 738. The summed E-state index contributed by atoms with van der Waals surface area (Å²) in [6.07, 6.45) is 0. The van der Waals surface area contributed by atoms with E-state index in [2.05, 4.69) is 29.8 Å². The predicted molar refractivity (Wildman–Crippen MR) is 98.6 cm³/mol. The van der Waals surface area contributed by atoms with E-state index < -0.39 is 0 Å². The molecule has 1 amide bonds. The molecule has 0 radical (unpaired) electrons. The van der Waals surface area contributed by atoms with Gasteiger partial charge < -0.3 is 4.90 Å². The average molecular weight is 344 g/mol. The van der Waals surface area contributed by atoms with Gasteiger partial charge in [0.25, 0.3) is 0 Å². The molecule has 0 spiro atoms. The minimum Gasteiger partial charge on any atom is -0.338 e. The van der Waals surface area contributed by atoms with Gasteiger partial charge in [0.05, 0.1) is 11.4 Å². The number of benzene rings is 1. The molecule has 0 aliphatic rings. The van der Waals surface area contributed by atoms with E-state index >= 15 is 0 Å². The van der Waals surface area contributed by atoms with Crippen LogP contribution in [0.5, 0.6) is 0 Å². The summed E-state index contributed by atoms with van der Waals surface area (Å²) in [6.45, 7) is 13.0. The summed E-state index contributed by atoms with van der Waals surface area (Å²) in [4.78, 5) is 14.2. The maximum atomic E-state index is 12.4. The zero-order valence-corrected chi connectivity index (χ0v) is 15.6. The van der Waals surface area contributed by atoms with Crippen LogP contribution in [0.2, 0.25) is 0 Å². The number of nitrogens with zero attached hydrogens (tertiary/aromatic N) is 4. The number of carbonyl (C=O) groups excluding carboxylic acids is 1. The lowest BCUT2D eigenvalue weighted by atomic mass is 10.2. The summed E-state index contributed by atoms with van der Waals surface area (Å²) >= 11 is 1.42. The first-order valence-corrected chi connectivity index (χ1v) is 8.95. The molecule has 1 aromatic carbocycles. The third kappa shape index (κ3) is 4.26. The lowest BCUT2D eigenvalue weighted by molar-refractivity contribution is -0.127. The zero-order chi connectivity index (χ0) is 17.7. The number of thioether (sulfide) groups is 1. The van der Waals surface area contributed by atoms with E-state index in [0.717, 1.165) is 27.8 Å². The molecule has 1 heterocycles. The second-order valence-corrected chi connectivity index (χ2v) is 6.75. The van der Waals surface area contributed by atoms with Gasteiger partial charge in [0, 0.05) is 13.1 Å². The quantitative estimate of drug-likeness (QED) is 0.570. The van der Waals surface area contributed by atoms with Gasteiger partial charge in [-0.2, -0.15) is 0 Å². The first kappa shape index (κ1) is 18.3. The van der Waals surface area contributed by atoms with Gasteiger partial charge in [0.2, 0.25) is 5.91 Å². The predicted octanol–water partition coefficient (Wildman–Crippen LogP) is 3.40. The molecule has 0 saturated heterocycles. The summed E-state index contributed by atoms with van der Waals surface area (Å²) < 4.78 is 2.00. The maximum absolute atomic E-state index is 12.4. The van der Waals surface area contributed by atoms with Gasteiger partial charge >= 0.3 is 0 Å². The highest BCUT2D eigenvalue weighted by Gasteiger charge is 2.17. The highest BCUT2D eigenvalue weighted by atomic mass is 32.2. The van der Waals surface area contributed by atoms with Crippen LogP contribution in [0.4, 0.5) is 0 Å². The molecule has 0 saturated carbocycles. The molecular formula is C18H24N4OS. The van der Waals surface area contributed by atoms with Crippen molar-refractivity contribution < 1.29 is 4.79 Å². The fourth-order valence-corrected chi connectivity index (χ4v) is 3.34. The van der Waals surface area contributed by atoms with E-state index in [0.29, 0.717) is 18.8 Å². The number of amides is 1.